The van der Waals surface area contributed by atoms with Gasteiger partial charge in [0, 0.05) is 31.0 Å². The van der Waals surface area contributed by atoms with E-state index in [0.717, 1.165) is 31.5 Å². The van der Waals surface area contributed by atoms with Gasteiger partial charge < -0.3 is 4.90 Å². The number of rotatable bonds is 3. The molecule has 0 spiro atoms. The van der Waals surface area contributed by atoms with Crippen LogP contribution in [0.25, 0.3) is 0 Å². The second kappa shape index (κ2) is 6.51. The maximum Gasteiger partial charge on any atom is 0.274 e. The summed E-state index contributed by atoms with van der Waals surface area (Å²) in [7, 11) is 0. The van der Waals surface area contributed by atoms with E-state index in [1.807, 2.05) is 23.1 Å². The number of likely N-dealkylation sites (tertiary alicyclic amines) is 1. The second-order valence-electron chi connectivity index (χ2n) is 5.59. The highest BCUT2D eigenvalue weighted by Gasteiger charge is 2.25. The Bertz CT molecular complexity index is 678. The van der Waals surface area contributed by atoms with Crippen LogP contribution in [0.3, 0.4) is 0 Å². The molecule has 2 aromatic heterocycles. The number of aromatic amines is 1. The van der Waals surface area contributed by atoms with E-state index in [4.69, 9.17) is 0 Å². The molecule has 22 heavy (non-hydrogen) atoms. The van der Waals surface area contributed by atoms with Crippen molar-refractivity contribution < 1.29 is 4.79 Å². The Kier molecular flexibility index (Phi) is 4.27. The van der Waals surface area contributed by atoms with Gasteiger partial charge >= 0.3 is 0 Å². The van der Waals surface area contributed by atoms with E-state index in [9.17, 15) is 9.59 Å². The molecule has 0 saturated carbocycles. The molecule has 3 heterocycles. The molecule has 0 bridgehead atoms. The first kappa shape index (κ1) is 14.4. The van der Waals surface area contributed by atoms with Gasteiger partial charge in [-0.25, -0.2) is 5.10 Å². The molecule has 1 atom stereocenters. The summed E-state index contributed by atoms with van der Waals surface area (Å²) in [5, 5.41) is 6.13. The lowest BCUT2D eigenvalue weighted by molar-refractivity contribution is 0.0665. The SMILES string of the molecule is O=C(c1ccc(=O)[nH]n1)N1CCCC(Cc2ccccn2)C1. The maximum absolute atomic E-state index is 12.4. The van der Waals surface area contributed by atoms with Gasteiger partial charge in [0.2, 0.25) is 0 Å². The van der Waals surface area contributed by atoms with Gasteiger partial charge in [0.05, 0.1) is 0 Å². The van der Waals surface area contributed by atoms with Gasteiger partial charge in [-0.1, -0.05) is 6.07 Å². The molecule has 114 valence electrons. The molecule has 6 heteroatoms. The summed E-state index contributed by atoms with van der Waals surface area (Å²) in [5.74, 6) is 0.289. The van der Waals surface area contributed by atoms with Crippen molar-refractivity contribution in [3.05, 3.63) is 58.3 Å². The van der Waals surface area contributed by atoms with Crippen LogP contribution in [-0.4, -0.2) is 39.1 Å². The fraction of sp³-hybridized carbons (Fsp3) is 0.375. The smallest absolute Gasteiger partial charge is 0.274 e. The van der Waals surface area contributed by atoms with Gasteiger partial charge in [-0.3, -0.25) is 14.6 Å². The number of hydrogen-bond acceptors (Lipinski definition) is 4. The summed E-state index contributed by atoms with van der Waals surface area (Å²) >= 11 is 0. The highest BCUT2D eigenvalue weighted by Crippen LogP contribution is 2.21. The zero-order valence-corrected chi connectivity index (χ0v) is 12.2. The van der Waals surface area contributed by atoms with Crippen LogP contribution in [0.4, 0.5) is 0 Å². The van der Waals surface area contributed by atoms with E-state index in [0.29, 0.717) is 12.5 Å². The molecule has 1 amide bonds. The molecule has 0 aliphatic carbocycles. The lowest BCUT2D eigenvalue weighted by Gasteiger charge is -2.32. The van der Waals surface area contributed by atoms with Crippen LogP contribution < -0.4 is 5.56 Å². The van der Waals surface area contributed by atoms with Crippen molar-refractivity contribution in [1.82, 2.24) is 20.1 Å². The number of piperidine rings is 1. The van der Waals surface area contributed by atoms with Crippen LogP contribution in [0.2, 0.25) is 0 Å². The number of carbonyl (C=O) groups excluding carboxylic acids is 1. The Balaban J connectivity index is 1.66. The number of pyridine rings is 1. The minimum absolute atomic E-state index is 0.123. The van der Waals surface area contributed by atoms with Crippen LogP contribution >= 0.6 is 0 Å². The van der Waals surface area contributed by atoms with E-state index >= 15 is 0 Å². The zero-order chi connectivity index (χ0) is 15.4. The normalized spacial score (nSPS) is 18.2. The molecule has 1 fully saturated rings. The van der Waals surface area contributed by atoms with Crippen LogP contribution in [0.15, 0.2) is 41.3 Å². The number of nitrogens with zero attached hydrogens (tertiary/aromatic N) is 3. The standard InChI is InChI=1S/C16H18N4O2/c21-15-7-6-14(18-19-15)16(22)20-9-3-4-12(11-20)10-13-5-1-2-8-17-13/h1-2,5-8,12H,3-4,9-11H2,(H,19,21). The van der Waals surface area contributed by atoms with Crippen LogP contribution in [-0.2, 0) is 6.42 Å². The molecule has 1 unspecified atom stereocenters. The third-order valence-corrected chi connectivity index (χ3v) is 3.93. The van der Waals surface area contributed by atoms with Gasteiger partial charge in [-0.05, 0) is 43.4 Å². The summed E-state index contributed by atoms with van der Waals surface area (Å²) in [5.41, 5.74) is 1.05. The van der Waals surface area contributed by atoms with E-state index in [1.54, 1.807) is 6.20 Å². The minimum Gasteiger partial charge on any atom is -0.337 e. The van der Waals surface area contributed by atoms with Crippen molar-refractivity contribution >= 4 is 5.91 Å². The molecule has 0 radical (unpaired) electrons. The number of aromatic nitrogens is 3. The second-order valence-corrected chi connectivity index (χ2v) is 5.59. The van der Waals surface area contributed by atoms with Gasteiger partial charge in [-0.2, -0.15) is 5.10 Å². The van der Waals surface area contributed by atoms with Crippen LogP contribution in [0.5, 0.6) is 0 Å². The molecule has 3 rings (SSSR count). The predicted molar refractivity (Wildman–Crippen MR) is 81.4 cm³/mol. The minimum atomic E-state index is -0.303. The first-order chi connectivity index (χ1) is 10.7. The first-order valence-electron chi connectivity index (χ1n) is 7.47. The fourth-order valence-corrected chi connectivity index (χ4v) is 2.86. The van der Waals surface area contributed by atoms with Gasteiger partial charge in [-0.15, -0.1) is 0 Å². The molecule has 6 nitrogen and oxygen atoms in total. The molecular weight excluding hydrogens is 280 g/mol. The van der Waals surface area contributed by atoms with Crippen molar-refractivity contribution in [2.24, 2.45) is 5.92 Å². The zero-order valence-electron chi connectivity index (χ0n) is 12.2. The third kappa shape index (κ3) is 3.39. The number of amides is 1. The average molecular weight is 298 g/mol. The fourth-order valence-electron chi connectivity index (χ4n) is 2.86. The Hall–Kier alpha value is -2.50. The number of hydrogen-bond donors (Lipinski definition) is 1. The highest BCUT2D eigenvalue weighted by molar-refractivity contribution is 5.92. The van der Waals surface area contributed by atoms with E-state index in [2.05, 4.69) is 15.2 Å². The van der Waals surface area contributed by atoms with Gasteiger partial charge in [0.15, 0.2) is 0 Å². The van der Waals surface area contributed by atoms with Crippen molar-refractivity contribution in [2.45, 2.75) is 19.3 Å². The molecule has 1 aliphatic heterocycles. The van der Waals surface area contributed by atoms with Crippen molar-refractivity contribution in [3.8, 4) is 0 Å². The average Bonchev–Trinajstić information content (AvgIpc) is 2.56. The summed E-state index contributed by atoms with van der Waals surface area (Å²) in [6.07, 6.45) is 4.75. The van der Waals surface area contributed by atoms with Crippen LogP contribution in [0, 0.1) is 5.92 Å². The summed E-state index contributed by atoms with van der Waals surface area (Å²) in [6.45, 7) is 1.44. The monoisotopic (exact) mass is 298 g/mol. The Morgan fingerprint density at radius 2 is 2.23 bits per heavy atom. The summed E-state index contributed by atoms with van der Waals surface area (Å²) < 4.78 is 0. The largest absolute Gasteiger partial charge is 0.337 e. The molecule has 2 aromatic rings. The Morgan fingerprint density at radius 1 is 1.32 bits per heavy atom. The number of carbonyl (C=O) groups is 1. The predicted octanol–water partition coefficient (Wildman–Crippen LogP) is 1.26. The lowest BCUT2D eigenvalue weighted by Crippen LogP contribution is -2.41. The topological polar surface area (TPSA) is 79.0 Å². The summed E-state index contributed by atoms with van der Waals surface area (Å²) in [6, 6.07) is 8.71. The van der Waals surface area contributed by atoms with Gasteiger partial charge in [0.25, 0.3) is 11.5 Å². The van der Waals surface area contributed by atoms with E-state index < -0.39 is 0 Å². The third-order valence-electron chi connectivity index (χ3n) is 3.93. The lowest BCUT2D eigenvalue weighted by atomic mass is 9.93. The molecule has 1 aliphatic rings. The van der Waals surface area contributed by atoms with Crippen molar-refractivity contribution in [2.75, 3.05) is 13.1 Å². The van der Waals surface area contributed by atoms with Crippen molar-refractivity contribution in [3.63, 3.8) is 0 Å². The Labute approximate surface area is 128 Å². The van der Waals surface area contributed by atoms with Crippen LogP contribution in [0.1, 0.15) is 29.0 Å². The van der Waals surface area contributed by atoms with E-state index in [1.165, 1.54) is 12.1 Å². The number of H-pyrrole nitrogens is 1. The molecule has 1 saturated heterocycles. The highest BCUT2D eigenvalue weighted by atomic mass is 16.2. The van der Waals surface area contributed by atoms with Crippen molar-refractivity contribution in [1.29, 1.82) is 0 Å². The molecule has 0 aromatic carbocycles. The first-order valence-corrected chi connectivity index (χ1v) is 7.47. The number of nitrogens with one attached hydrogen (secondary N) is 1. The summed E-state index contributed by atoms with van der Waals surface area (Å²) in [4.78, 5) is 29.6. The van der Waals surface area contributed by atoms with Gasteiger partial charge in [0.1, 0.15) is 5.69 Å². The van der Waals surface area contributed by atoms with E-state index in [-0.39, 0.29) is 17.2 Å². The molecular formula is C16H18N4O2. The quantitative estimate of drug-likeness (QED) is 0.925. The Morgan fingerprint density at radius 3 is 2.95 bits per heavy atom. The maximum atomic E-state index is 12.4. The molecule has 1 N–H and O–H groups in total.